The molecule has 1 atom stereocenters. The van der Waals surface area contributed by atoms with Gasteiger partial charge in [0.15, 0.2) is 0 Å². The number of nitrogens with one attached hydrogen (secondary N) is 1. The van der Waals surface area contributed by atoms with Crippen LogP contribution in [0.1, 0.15) is 27.2 Å². The van der Waals surface area contributed by atoms with Gasteiger partial charge in [-0.15, -0.1) is 0 Å². The highest BCUT2D eigenvalue weighted by atomic mass is 32.2. The van der Waals surface area contributed by atoms with Gasteiger partial charge in [0.2, 0.25) is 10.0 Å². The van der Waals surface area contributed by atoms with Gasteiger partial charge in [-0.2, -0.15) is 16.1 Å². The van der Waals surface area contributed by atoms with Gasteiger partial charge in [0, 0.05) is 36.7 Å². The average Bonchev–Trinajstić information content (AvgIpc) is 2.28. The monoisotopic (exact) mass is 280 g/mol. The Bertz CT molecular complexity index is 317. The topological polar surface area (TPSA) is 49.4 Å². The van der Waals surface area contributed by atoms with Crippen molar-refractivity contribution in [3.05, 3.63) is 0 Å². The van der Waals surface area contributed by atoms with Crippen molar-refractivity contribution in [2.75, 3.05) is 31.1 Å². The van der Waals surface area contributed by atoms with Crippen molar-refractivity contribution in [1.29, 1.82) is 0 Å². The number of sulfonamides is 1. The first-order valence-corrected chi connectivity index (χ1v) is 8.94. The van der Waals surface area contributed by atoms with E-state index < -0.39 is 10.0 Å². The van der Waals surface area contributed by atoms with Gasteiger partial charge in [0.05, 0.1) is 5.75 Å². The fourth-order valence-electron chi connectivity index (χ4n) is 1.80. The molecule has 0 radical (unpaired) electrons. The number of rotatable bonds is 6. The van der Waals surface area contributed by atoms with Gasteiger partial charge in [0.25, 0.3) is 0 Å². The Balaban J connectivity index is 2.46. The molecule has 0 aromatic rings. The van der Waals surface area contributed by atoms with Crippen molar-refractivity contribution in [3.63, 3.8) is 0 Å². The Hall–Kier alpha value is 0.220. The van der Waals surface area contributed by atoms with Crippen LogP contribution in [0.25, 0.3) is 0 Å². The molecule has 6 heteroatoms. The lowest BCUT2D eigenvalue weighted by Gasteiger charge is -2.31. The van der Waals surface area contributed by atoms with E-state index in [0.717, 1.165) is 12.2 Å². The highest BCUT2D eigenvalue weighted by molar-refractivity contribution is 8.00. The summed E-state index contributed by atoms with van der Waals surface area (Å²) in [5.74, 6) is 1.14. The maximum absolute atomic E-state index is 12.1. The Morgan fingerprint density at radius 3 is 2.76 bits per heavy atom. The molecule has 1 rings (SSSR count). The molecule has 4 nitrogen and oxygen atoms in total. The van der Waals surface area contributed by atoms with E-state index >= 15 is 0 Å². The zero-order valence-corrected chi connectivity index (χ0v) is 12.6. The lowest BCUT2D eigenvalue weighted by atomic mass is 10.3. The highest BCUT2D eigenvalue weighted by Gasteiger charge is 2.27. The summed E-state index contributed by atoms with van der Waals surface area (Å²) < 4.78 is 25.9. The summed E-state index contributed by atoms with van der Waals surface area (Å²) in [6.07, 6.45) is 1.04. The maximum atomic E-state index is 12.1. The van der Waals surface area contributed by atoms with Gasteiger partial charge < -0.3 is 5.32 Å². The average molecular weight is 280 g/mol. The van der Waals surface area contributed by atoms with Crippen LogP contribution >= 0.6 is 11.8 Å². The zero-order valence-electron chi connectivity index (χ0n) is 11.0. The fourth-order valence-corrected chi connectivity index (χ4v) is 4.60. The number of hydrogen-bond donors (Lipinski definition) is 1. The largest absolute Gasteiger partial charge is 0.313 e. The van der Waals surface area contributed by atoms with Crippen LogP contribution in [0, 0.1) is 0 Å². The van der Waals surface area contributed by atoms with Gasteiger partial charge in [-0.25, -0.2) is 8.42 Å². The number of thioether (sulfide) groups is 1. The first-order chi connectivity index (χ1) is 7.95. The lowest BCUT2D eigenvalue weighted by molar-refractivity contribution is 0.414. The maximum Gasteiger partial charge on any atom is 0.215 e. The Labute approximate surface area is 110 Å². The smallest absolute Gasteiger partial charge is 0.215 e. The first kappa shape index (κ1) is 15.3. The van der Waals surface area contributed by atoms with Crippen molar-refractivity contribution >= 4 is 21.8 Å². The SMILES string of the molecule is CCC1CN(S(=O)(=O)CCNC(C)C)CCS1. The second-order valence-electron chi connectivity index (χ2n) is 4.68. The number of hydrogen-bond acceptors (Lipinski definition) is 4. The molecule has 1 fully saturated rings. The van der Waals surface area contributed by atoms with E-state index in [1.807, 2.05) is 25.6 Å². The molecular formula is C11H24N2O2S2. The van der Waals surface area contributed by atoms with E-state index in [1.54, 1.807) is 4.31 Å². The lowest BCUT2D eigenvalue weighted by Crippen LogP contribution is -2.44. The molecule has 0 aromatic heterocycles. The quantitative estimate of drug-likeness (QED) is 0.793. The molecule has 0 saturated carbocycles. The van der Waals surface area contributed by atoms with Crippen LogP contribution in [-0.4, -0.2) is 55.2 Å². The molecule has 0 bridgehead atoms. The van der Waals surface area contributed by atoms with Crippen molar-refractivity contribution in [3.8, 4) is 0 Å². The predicted molar refractivity (Wildman–Crippen MR) is 75.0 cm³/mol. The summed E-state index contributed by atoms with van der Waals surface area (Å²) in [4.78, 5) is 0. The minimum atomic E-state index is -3.06. The second kappa shape index (κ2) is 6.97. The fraction of sp³-hybridized carbons (Fsp3) is 1.00. The molecule has 1 unspecified atom stereocenters. The van der Waals surface area contributed by atoms with Gasteiger partial charge in [-0.05, 0) is 6.42 Å². The molecular weight excluding hydrogens is 256 g/mol. The molecule has 1 aliphatic heterocycles. The normalized spacial score (nSPS) is 23.2. The Morgan fingerprint density at radius 2 is 2.18 bits per heavy atom. The minimum Gasteiger partial charge on any atom is -0.313 e. The minimum absolute atomic E-state index is 0.215. The van der Waals surface area contributed by atoms with Crippen molar-refractivity contribution in [2.45, 2.75) is 38.5 Å². The third-order valence-electron chi connectivity index (χ3n) is 2.86. The zero-order chi connectivity index (χ0) is 12.9. The Morgan fingerprint density at radius 1 is 1.47 bits per heavy atom. The number of nitrogens with zero attached hydrogens (tertiary/aromatic N) is 1. The molecule has 0 aliphatic carbocycles. The van der Waals surface area contributed by atoms with E-state index in [1.165, 1.54) is 0 Å². The van der Waals surface area contributed by atoms with Crippen LogP contribution < -0.4 is 5.32 Å². The standard InChI is InChI=1S/C11H24N2O2S2/c1-4-11-9-13(6-7-16-11)17(14,15)8-5-12-10(2)3/h10-12H,4-9H2,1-3H3. The molecule has 102 valence electrons. The van der Waals surface area contributed by atoms with Gasteiger partial charge in [0.1, 0.15) is 0 Å². The third kappa shape index (κ3) is 5.16. The molecule has 0 spiro atoms. The summed E-state index contributed by atoms with van der Waals surface area (Å²) in [7, 11) is -3.06. The summed E-state index contributed by atoms with van der Waals surface area (Å²) >= 11 is 1.89. The highest BCUT2D eigenvalue weighted by Crippen LogP contribution is 2.22. The van der Waals surface area contributed by atoms with Crippen LogP contribution in [0.3, 0.4) is 0 Å². The van der Waals surface area contributed by atoms with E-state index in [4.69, 9.17) is 0 Å². The van der Waals surface area contributed by atoms with E-state index in [2.05, 4.69) is 12.2 Å². The van der Waals surface area contributed by atoms with E-state index in [9.17, 15) is 8.42 Å². The van der Waals surface area contributed by atoms with Crippen LogP contribution in [0.5, 0.6) is 0 Å². The summed E-state index contributed by atoms with van der Waals surface area (Å²) in [5.41, 5.74) is 0. The Kier molecular flexibility index (Phi) is 6.26. The summed E-state index contributed by atoms with van der Waals surface area (Å²) in [5, 5.41) is 3.62. The van der Waals surface area contributed by atoms with Gasteiger partial charge >= 0.3 is 0 Å². The molecule has 1 aliphatic rings. The van der Waals surface area contributed by atoms with E-state index in [0.29, 0.717) is 30.9 Å². The van der Waals surface area contributed by atoms with Crippen LogP contribution in [0.2, 0.25) is 0 Å². The van der Waals surface area contributed by atoms with Crippen molar-refractivity contribution in [1.82, 2.24) is 9.62 Å². The summed E-state index contributed by atoms with van der Waals surface area (Å²) in [6, 6.07) is 0.338. The summed E-state index contributed by atoms with van der Waals surface area (Å²) in [6.45, 7) is 8.07. The van der Waals surface area contributed by atoms with Crippen LogP contribution in [-0.2, 0) is 10.0 Å². The first-order valence-electron chi connectivity index (χ1n) is 6.28. The molecule has 0 amide bonds. The van der Waals surface area contributed by atoms with E-state index in [-0.39, 0.29) is 5.75 Å². The third-order valence-corrected chi connectivity index (χ3v) is 6.07. The second-order valence-corrected chi connectivity index (χ2v) is 8.18. The molecule has 1 heterocycles. The van der Waals surface area contributed by atoms with Crippen molar-refractivity contribution < 1.29 is 8.42 Å². The molecule has 1 saturated heterocycles. The molecule has 1 N–H and O–H groups in total. The van der Waals surface area contributed by atoms with Crippen LogP contribution in [0.15, 0.2) is 0 Å². The van der Waals surface area contributed by atoms with Gasteiger partial charge in [-0.1, -0.05) is 20.8 Å². The van der Waals surface area contributed by atoms with Crippen LogP contribution in [0.4, 0.5) is 0 Å². The molecule has 0 aromatic carbocycles. The van der Waals surface area contributed by atoms with Crippen molar-refractivity contribution in [2.24, 2.45) is 0 Å². The van der Waals surface area contributed by atoms with Gasteiger partial charge in [-0.3, -0.25) is 0 Å². The molecule has 17 heavy (non-hydrogen) atoms. The predicted octanol–water partition coefficient (Wildman–Crippen LogP) is 1.14.